The lowest BCUT2D eigenvalue weighted by atomic mass is 10.2. The number of nitrogens with zero attached hydrogens (tertiary/aromatic N) is 2. The predicted octanol–water partition coefficient (Wildman–Crippen LogP) is 5.00. The van der Waals surface area contributed by atoms with Crippen LogP contribution in [0.5, 0.6) is 0 Å². The van der Waals surface area contributed by atoms with Gasteiger partial charge in [0, 0.05) is 37.1 Å². The fourth-order valence-electron chi connectivity index (χ4n) is 3.05. The highest BCUT2D eigenvalue weighted by Crippen LogP contribution is 2.15. The minimum atomic E-state index is -0.232. The van der Waals surface area contributed by atoms with Crippen molar-refractivity contribution in [2.24, 2.45) is 0 Å². The monoisotopic (exact) mass is 352 g/mol. The fraction of sp³-hybridized carbons (Fsp3) is 0.182. The van der Waals surface area contributed by atoms with E-state index in [1.807, 2.05) is 41.1 Å². The van der Waals surface area contributed by atoms with Gasteiger partial charge in [-0.15, -0.1) is 6.58 Å². The van der Waals surface area contributed by atoms with Crippen molar-refractivity contribution in [2.75, 3.05) is 6.54 Å². The second-order valence-electron chi connectivity index (χ2n) is 6.31. The van der Waals surface area contributed by atoms with Crippen molar-refractivity contribution in [2.45, 2.75) is 19.6 Å². The maximum absolute atomic E-state index is 13.9. The number of hydrogen-bond donors (Lipinski definition) is 0. The summed E-state index contributed by atoms with van der Waals surface area (Å²) >= 11 is 0. The molecule has 0 aliphatic heterocycles. The molecule has 3 rings (SSSR count). The molecule has 4 heteroatoms. The molecule has 1 heterocycles. The van der Waals surface area contributed by atoms with Gasteiger partial charge in [0.1, 0.15) is 11.6 Å². The molecule has 26 heavy (non-hydrogen) atoms. The van der Waals surface area contributed by atoms with Gasteiger partial charge in [0.15, 0.2) is 0 Å². The van der Waals surface area contributed by atoms with Crippen molar-refractivity contribution in [3.05, 3.63) is 108 Å². The second kappa shape index (κ2) is 8.59. The van der Waals surface area contributed by atoms with Crippen LogP contribution in [0.2, 0.25) is 0 Å². The van der Waals surface area contributed by atoms with E-state index >= 15 is 0 Å². The van der Waals surface area contributed by atoms with E-state index in [1.54, 1.807) is 24.3 Å². The number of aromatic nitrogens is 1. The number of halogens is 2. The van der Waals surface area contributed by atoms with Gasteiger partial charge in [-0.3, -0.25) is 4.90 Å². The Morgan fingerprint density at radius 1 is 0.962 bits per heavy atom. The van der Waals surface area contributed by atoms with Crippen molar-refractivity contribution in [3.8, 4) is 0 Å². The van der Waals surface area contributed by atoms with Crippen LogP contribution in [0.1, 0.15) is 16.8 Å². The maximum atomic E-state index is 13.9. The van der Waals surface area contributed by atoms with E-state index in [-0.39, 0.29) is 11.6 Å². The van der Waals surface area contributed by atoms with Crippen LogP contribution < -0.4 is 0 Å². The fourth-order valence-corrected chi connectivity index (χ4v) is 3.05. The molecule has 0 unspecified atom stereocenters. The average Bonchev–Trinajstić information content (AvgIpc) is 3.04. The quantitative estimate of drug-likeness (QED) is 0.518. The van der Waals surface area contributed by atoms with Crippen molar-refractivity contribution in [3.63, 3.8) is 0 Å². The molecule has 1 aromatic heterocycles. The molecule has 3 aromatic rings. The van der Waals surface area contributed by atoms with Crippen LogP contribution in [0.4, 0.5) is 8.78 Å². The molecule has 2 aromatic carbocycles. The molecule has 134 valence electrons. The zero-order valence-corrected chi connectivity index (χ0v) is 14.6. The van der Waals surface area contributed by atoms with E-state index in [9.17, 15) is 8.78 Å². The lowest BCUT2D eigenvalue weighted by Crippen LogP contribution is -2.24. The van der Waals surface area contributed by atoms with Crippen LogP contribution in [-0.2, 0) is 19.6 Å². The van der Waals surface area contributed by atoms with Gasteiger partial charge in [0.2, 0.25) is 0 Å². The Morgan fingerprint density at radius 2 is 1.81 bits per heavy atom. The van der Waals surface area contributed by atoms with Crippen molar-refractivity contribution in [1.82, 2.24) is 9.47 Å². The first-order valence-electron chi connectivity index (χ1n) is 8.61. The molecule has 0 saturated carbocycles. The molecule has 0 atom stereocenters. The minimum Gasteiger partial charge on any atom is -0.346 e. The molecule has 0 spiro atoms. The lowest BCUT2D eigenvalue weighted by molar-refractivity contribution is 0.278. The number of hydrogen-bond acceptors (Lipinski definition) is 1. The maximum Gasteiger partial charge on any atom is 0.128 e. The molecule has 0 aliphatic rings. The minimum absolute atomic E-state index is 0.199. The Bertz CT molecular complexity index is 870. The van der Waals surface area contributed by atoms with Gasteiger partial charge in [-0.2, -0.15) is 0 Å². The Balaban J connectivity index is 1.74. The second-order valence-corrected chi connectivity index (χ2v) is 6.31. The summed E-state index contributed by atoms with van der Waals surface area (Å²) in [4.78, 5) is 2.18. The Morgan fingerprint density at radius 3 is 2.58 bits per heavy atom. The standard InChI is InChI=1S/C22H22F2N2/c1-2-12-25(15-18-7-5-9-20(23)14-18)17-21-10-6-13-26(21)16-19-8-3-4-11-22(19)24/h2-11,13-14H,1,12,15-17H2. The van der Waals surface area contributed by atoms with Gasteiger partial charge in [-0.25, -0.2) is 8.78 Å². The topological polar surface area (TPSA) is 8.17 Å². The summed E-state index contributed by atoms with van der Waals surface area (Å²) in [7, 11) is 0. The predicted molar refractivity (Wildman–Crippen MR) is 101 cm³/mol. The molecular weight excluding hydrogens is 330 g/mol. The van der Waals surface area contributed by atoms with E-state index in [0.29, 0.717) is 31.7 Å². The summed E-state index contributed by atoms with van der Waals surface area (Å²) in [6.07, 6.45) is 3.79. The van der Waals surface area contributed by atoms with Crippen LogP contribution >= 0.6 is 0 Å². The van der Waals surface area contributed by atoms with E-state index in [4.69, 9.17) is 0 Å². The van der Waals surface area contributed by atoms with E-state index in [1.165, 1.54) is 12.1 Å². The molecular formula is C22H22F2N2. The first kappa shape index (κ1) is 18.1. The van der Waals surface area contributed by atoms with Crippen LogP contribution in [0, 0.1) is 11.6 Å². The smallest absolute Gasteiger partial charge is 0.128 e. The molecule has 0 amide bonds. The van der Waals surface area contributed by atoms with Crippen molar-refractivity contribution in [1.29, 1.82) is 0 Å². The third kappa shape index (κ3) is 4.67. The molecule has 0 radical (unpaired) electrons. The van der Waals surface area contributed by atoms with Gasteiger partial charge in [-0.05, 0) is 35.9 Å². The van der Waals surface area contributed by atoms with Gasteiger partial charge in [0.25, 0.3) is 0 Å². The Kier molecular flexibility index (Phi) is 5.97. The Labute approximate surface area is 153 Å². The summed E-state index contributed by atoms with van der Waals surface area (Å²) in [5.74, 6) is -0.432. The molecule has 0 fully saturated rings. The molecule has 0 aliphatic carbocycles. The summed E-state index contributed by atoms with van der Waals surface area (Å²) < 4.78 is 29.4. The lowest BCUT2D eigenvalue weighted by Gasteiger charge is -2.22. The average molecular weight is 352 g/mol. The third-order valence-corrected chi connectivity index (χ3v) is 4.29. The molecule has 0 N–H and O–H groups in total. The summed E-state index contributed by atoms with van der Waals surface area (Å²) in [5, 5.41) is 0. The highest BCUT2D eigenvalue weighted by molar-refractivity contribution is 5.20. The van der Waals surface area contributed by atoms with E-state index < -0.39 is 0 Å². The molecule has 0 bridgehead atoms. The SMILES string of the molecule is C=CCN(Cc1cccc(F)c1)Cc1cccn1Cc1ccccc1F. The van der Waals surface area contributed by atoms with Gasteiger partial charge < -0.3 is 4.57 Å². The van der Waals surface area contributed by atoms with Crippen molar-refractivity contribution < 1.29 is 8.78 Å². The number of benzene rings is 2. The van der Waals surface area contributed by atoms with E-state index in [2.05, 4.69) is 11.5 Å². The third-order valence-electron chi connectivity index (χ3n) is 4.29. The zero-order chi connectivity index (χ0) is 18.4. The van der Waals surface area contributed by atoms with E-state index in [0.717, 1.165) is 11.3 Å². The molecule has 0 saturated heterocycles. The van der Waals surface area contributed by atoms with Crippen LogP contribution in [-0.4, -0.2) is 16.0 Å². The normalized spacial score (nSPS) is 11.0. The summed E-state index contributed by atoms with van der Waals surface area (Å²) in [6, 6.07) is 17.4. The Hall–Kier alpha value is -2.72. The van der Waals surface area contributed by atoms with Gasteiger partial charge >= 0.3 is 0 Å². The highest BCUT2D eigenvalue weighted by Gasteiger charge is 2.11. The zero-order valence-electron chi connectivity index (χ0n) is 14.6. The first-order valence-corrected chi connectivity index (χ1v) is 8.61. The van der Waals surface area contributed by atoms with Gasteiger partial charge in [0.05, 0.1) is 6.54 Å². The van der Waals surface area contributed by atoms with Crippen LogP contribution in [0.15, 0.2) is 79.5 Å². The van der Waals surface area contributed by atoms with Crippen molar-refractivity contribution >= 4 is 0 Å². The number of rotatable bonds is 8. The largest absolute Gasteiger partial charge is 0.346 e. The van der Waals surface area contributed by atoms with Gasteiger partial charge in [-0.1, -0.05) is 36.4 Å². The molecule has 2 nitrogen and oxygen atoms in total. The summed E-state index contributed by atoms with van der Waals surface area (Å²) in [5.41, 5.74) is 2.65. The summed E-state index contributed by atoms with van der Waals surface area (Å²) in [6.45, 7) is 6.27. The first-order chi connectivity index (χ1) is 12.7. The van der Waals surface area contributed by atoms with Crippen LogP contribution in [0.25, 0.3) is 0 Å². The van der Waals surface area contributed by atoms with Crippen LogP contribution in [0.3, 0.4) is 0 Å². The highest BCUT2D eigenvalue weighted by atomic mass is 19.1.